The molecule has 2 aliphatic heterocycles. The monoisotopic (exact) mass is 828 g/mol. The van der Waals surface area contributed by atoms with Crippen LogP contribution in [0.1, 0.15) is 38.5 Å². The molecule has 0 aromatic carbocycles. The average Bonchev–Trinajstić information content (AvgIpc) is 3.66. The van der Waals surface area contributed by atoms with Crippen molar-refractivity contribution in [3.8, 4) is 0 Å². The van der Waals surface area contributed by atoms with Gasteiger partial charge in [0.15, 0.2) is 8.64 Å². The number of nitrogens with zero attached hydrogens (tertiary/aromatic N) is 8. The van der Waals surface area contributed by atoms with Gasteiger partial charge in [-0.25, -0.2) is 20.0 Å². The predicted molar refractivity (Wildman–Crippen MR) is 188 cm³/mol. The Bertz CT molecular complexity index is 1070. The zero-order valence-corrected chi connectivity index (χ0v) is 31.7. The summed E-state index contributed by atoms with van der Waals surface area (Å²) in [5.74, 6) is 0. The number of hydrazine groups is 4. The van der Waals surface area contributed by atoms with E-state index in [1.54, 1.807) is 32.6 Å². The number of aromatic nitrogens is 2. The van der Waals surface area contributed by atoms with E-state index in [0.717, 1.165) is 51.9 Å². The van der Waals surface area contributed by atoms with Crippen LogP contribution in [0.25, 0.3) is 0 Å². The van der Waals surface area contributed by atoms with Gasteiger partial charge in [-0.15, -0.1) is 47.9 Å². The first-order valence-corrected chi connectivity index (χ1v) is 18.7. The Labute approximate surface area is 299 Å². The van der Waals surface area contributed by atoms with Crippen LogP contribution in [-0.2, 0) is 50.5 Å². The first-order valence-electron chi connectivity index (χ1n) is 11.9. The van der Waals surface area contributed by atoms with Gasteiger partial charge in [0, 0.05) is 49.3 Å². The summed E-state index contributed by atoms with van der Waals surface area (Å²) in [6.07, 6.45) is 10.4. The van der Waals surface area contributed by atoms with Crippen LogP contribution in [0, 0.1) is 0 Å². The van der Waals surface area contributed by atoms with Gasteiger partial charge in [0.25, 0.3) is 0 Å². The second-order valence-corrected chi connectivity index (χ2v) is 14.4. The van der Waals surface area contributed by atoms with E-state index in [1.165, 1.54) is 35.5 Å². The molecule has 2 fully saturated rings. The zero-order valence-electron chi connectivity index (χ0n) is 21.3. The Morgan fingerprint density at radius 3 is 1.27 bits per heavy atom. The second kappa shape index (κ2) is 20.2. The minimum atomic E-state index is -2.03. The molecule has 224 valence electrons. The topological polar surface area (TPSA) is 79.4 Å². The molecule has 0 aliphatic carbocycles. The van der Waals surface area contributed by atoms with Gasteiger partial charge in [-0.05, 0) is 58.8 Å². The number of anilines is 2. The first-order chi connectivity index (χ1) is 19.6. The average molecular weight is 827 g/mol. The van der Waals surface area contributed by atoms with Crippen LogP contribution in [-0.4, -0.2) is 73.7 Å². The van der Waals surface area contributed by atoms with Crippen LogP contribution >= 0.6 is 96.8 Å². The zero-order chi connectivity index (χ0) is 30.4. The van der Waals surface area contributed by atoms with Gasteiger partial charge in [-0.2, -0.15) is 20.3 Å². The molecule has 2 aliphatic rings. The third-order valence-corrected chi connectivity index (χ3v) is 8.34. The second-order valence-electron chi connectivity index (χ2n) is 8.03. The molecule has 2 saturated heterocycles. The quantitative estimate of drug-likeness (QED) is 0.143. The molecule has 10 nitrogen and oxygen atoms in total. The normalized spacial score (nSPS) is 15.1. The molecule has 2 aromatic rings. The number of thiazole rings is 2. The van der Waals surface area contributed by atoms with E-state index in [9.17, 15) is 0 Å². The molecule has 4 heterocycles. The van der Waals surface area contributed by atoms with Crippen molar-refractivity contribution in [2.45, 2.75) is 38.5 Å². The Morgan fingerprint density at radius 2 is 1.05 bits per heavy atom. The van der Waals surface area contributed by atoms with Gasteiger partial charge in [0.05, 0.1) is 0 Å². The minimum absolute atomic E-state index is 0.289. The van der Waals surface area contributed by atoms with E-state index >= 15 is 0 Å². The molecule has 41 heavy (non-hydrogen) atoms. The fourth-order valence-corrected chi connectivity index (χ4v) is 6.89. The predicted octanol–water partition coefficient (Wildman–Crippen LogP) is 4.99. The Balaban J connectivity index is 0.000000262. The summed E-state index contributed by atoms with van der Waals surface area (Å²) in [4.78, 5) is 8.53. The summed E-state index contributed by atoms with van der Waals surface area (Å²) in [5, 5.41) is 16.3. The van der Waals surface area contributed by atoms with E-state index in [-0.39, 0.29) is 8.64 Å². The number of hydrogen-bond acceptors (Lipinski definition) is 14. The Kier molecular flexibility index (Phi) is 18.4. The molecule has 21 heteroatoms. The van der Waals surface area contributed by atoms with E-state index in [4.69, 9.17) is 80.9 Å². The molecule has 0 spiro atoms. The molecular formula is C20H26MoN8O2S10. The molecular weight excluding hydrogens is 801 g/mol. The van der Waals surface area contributed by atoms with Gasteiger partial charge in [0.2, 0.25) is 10.3 Å². The van der Waals surface area contributed by atoms with Gasteiger partial charge >= 0.3 is 25.3 Å². The van der Waals surface area contributed by atoms with Gasteiger partial charge in [-0.3, -0.25) is 0 Å². The van der Waals surface area contributed by atoms with Crippen molar-refractivity contribution in [3.05, 3.63) is 23.2 Å². The number of piperidine rings is 2. The van der Waals surface area contributed by atoms with Crippen LogP contribution in [0.3, 0.4) is 0 Å². The van der Waals surface area contributed by atoms with Crippen molar-refractivity contribution in [2.75, 3.05) is 36.2 Å². The number of rotatable bonds is 4. The third-order valence-electron chi connectivity index (χ3n) is 5.47. The van der Waals surface area contributed by atoms with Crippen molar-refractivity contribution in [2.24, 2.45) is 0 Å². The van der Waals surface area contributed by atoms with Crippen LogP contribution < -0.4 is 10.0 Å². The molecule has 0 saturated carbocycles. The van der Waals surface area contributed by atoms with Gasteiger partial charge in [0.1, 0.15) is 0 Å². The molecule has 2 aromatic heterocycles. The summed E-state index contributed by atoms with van der Waals surface area (Å²) < 4.78 is 18.4. The summed E-state index contributed by atoms with van der Waals surface area (Å²) in [5.41, 5.74) is 0. The number of thiocarbonyl (C=S) groups is 4. The van der Waals surface area contributed by atoms with Crippen molar-refractivity contribution in [1.82, 2.24) is 30.2 Å². The van der Waals surface area contributed by atoms with Crippen LogP contribution in [0.5, 0.6) is 0 Å². The fraction of sp³-hybridized carbons (Fsp3) is 0.500. The fourth-order valence-electron chi connectivity index (χ4n) is 3.91. The SMILES string of the molecule is S=C([S-])N(c1nccs1)N(C(=S)S)N1CCCCC1.S=C([S-])N(c1nccs1)N(C(=S)S)N1CCCCC1.[O]=[Mo+2]=[O]. The summed E-state index contributed by atoms with van der Waals surface area (Å²) >= 11 is 40.7. The number of hydrogen-bond donors (Lipinski definition) is 2. The summed E-state index contributed by atoms with van der Waals surface area (Å²) in [6.45, 7) is 3.67. The van der Waals surface area contributed by atoms with Crippen molar-refractivity contribution >= 4 is 150 Å². The van der Waals surface area contributed by atoms with Crippen molar-refractivity contribution in [3.63, 3.8) is 0 Å². The first kappa shape index (κ1) is 37.4. The standard InChI is InChI=1S/2C10H14N4S5.Mo.2O/c2*15-9(16)13(8-11-4-7-19-8)14(10(17)18)12-5-2-1-3-6-12;;;/h2*4,7H,1-3,5-6H2,(H,15,16)(H,17,18);;;/q;;+2;;/p-2. The van der Waals surface area contributed by atoms with E-state index in [0.29, 0.717) is 18.9 Å². The molecule has 0 bridgehead atoms. The summed E-state index contributed by atoms with van der Waals surface area (Å²) in [6, 6.07) is 0. The number of thiol groups is 2. The molecule has 4 rings (SSSR count). The van der Waals surface area contributed by atoms with E-state index in [2.05, 4.69) is 45.2 Å². The van der Waals surface area contributed by atoms with Crippen molar-refractivity contribution in [1.29, 1.82) is 0 Å². The maximum absolute atomic E-state index is 8.50. The van der Waals surface area contributed by atoms with E-state index in [1.807, 2.05) is 10.8 Å². The molecule has 0 radical (unpaired) electrons. The summed E-state index contributed by atoms with van der Waals surface area (Å²) in [7, 11) is 0. The molecule has 0 N–H and O–H groups in total. The Hall–Kier alpha value is 0.168. The Morgan fingerprint density at radius 1 is 0.732 bits per heavy atom. The van der Waals surface area contributed by atoms with Crippen LogP contribution in [0.15, 0.2) is 23.2 Å². The van der Waals surface area contributed by atoms with E-state index < -0.39 is 18.5 Å². The molecule has 0 atom stereocenters. The van der Waals surface area contributed by atoms with Gasteiger partial charge in [-0.1, -0.05) is 12.8 Å². The van der Waals surface area contributed by atoms with Crippen molar-refractivity contribution < 1.29 is 25.3 Å². The van der Waals surface area contributed by atoms with Crippen LogP contribution in [0.4, 0.5) is 10.3 Å². The van der Waals surface area contributed by atoms with Gasteiger partial charge < -0.3 is 49.7 Å². The molecule has 0 unspecified atom stereocenters. The molecule has 0 amide bonds. The van der Waals surface area contributed by atoms with Crippen LogP contribution in [0.2, 0.25) is 0 Å². The maximum atomic E-state index is 8.50. The third kappa shape index (κ3) is 11.9.